The number of hydrogen-bond donors (Lipinski definition) is 0. The van der Waals surface area contributed by atoms with Crippen molar-refractivity contribution in [1.82, 2.24) is 24.8 Å². The Labute approximate surface area is 176 Å². The molecular formula is C21H22F3N5O2. The van der Waals surface area contributed by atoms with E-state index in [0.29, 0.717) is 31.0 Å². The molecule has 10 heteroatoms. The minimum atomic E-state index is -4.55. The quantitative estimate of drug-likeness (QED) is 0.619. The number of likely N-dealkylation sites (tertiary alicyclic amines) is 1. The summed E-state index contributed by atoms with van der Waals surface area (Å²) in [7, 11) is 1.75. The largest absolute Gasteiger partial charge is 0.417 e. The van der Waals surface area contributed by atoms with Crippen LogP contribution in [0.1, 0.15) is 70.7 Å². The Balaban J connectivity index is 1.46. The molecule has 31 heavy (non-hydrogen) atoms. The molecule has 5 rings (SSSR count). The number of aryl methyl sites for hydroxylation is 2. The fourth-order valence-electron chi connectivity index (χ4n) is 4.41. The Kier molecular flexibility index (Phi) is 4.56. The molecule has 1 amide bonds. The molecule has 2 fully saturated rings. The fourth-order valence-corrected chi connectivity index (χ4v) is 4.41. The third kappa shape index (κ3) is 3.57. The SMILES string of the molecule is Cc1cc(C(F)(F)F)c2c([C@H]3CCCN(C(=O)c4cc(C5CC5)nn4C)C3)noc2n1. The van der Waals surface area contributed by atoms with Gasteiger partial charge in [0.15, 0.2) is 0 Å². The summed E-state index contributed by atoms with van der Waals surface area (Å²) in [4.78, 5) is 18.9. The van der Waals surface area contributed by atoms with Crippen molar-refractivity contribution in [2.45, 2.75) is 50.6 Å². The minimum absolute atomic E-state index is 0.103. The highest BCUT2D eigenvalue weighted by Crippen LogP contribution is 2.41. The molecule has 1 saturated heterocycles. The number of halogens is 3. The van der Waals surface area contributed by atoms with E-state index in [2.05, 4.69) is 15.2 Å². The van der Waals surface area contributed by atoms with Crippen LogP contribution in [0.2, 0.25) is 0 Å². The van der Waals surface area contributed by atoms with Crippen molar-refractivity contribution >= 4 is 17.0 Å². The highest BCUT2D eigenvalue weighted by atomic mass is 19.4. The Morgan fingerprint density at radius 3 is 2.68 bits per heavy atom. The first kappa shape index (κ1) is 20.0. The third-order valence-electron chi connectivity index (χ3n) is 6.12. The Bertz CT molecular complexity index is 1160. The predicted octanol–water partition coefficient (Wildman–Crippen LogP) is 4.18. The first-order valence-corrected chi connectivity index (χ1v) is 10.4. The van der Waals surface area contributed by atoms with E-state index in [4.69, 9.17) is 4.52 Å². The molecule has 0 radical (unpaired) electrons. The number of aromatic nitrogens is 4. The molecule has 0 aromatic carbocycles. The fraction of sp³-hybridized carbons (Fsp3) is 0.524. The molecule has 3 aromatic heterocycles. The van der Waals surface area contributed by atoms with Gasteiger partial charge in [0.1, 0.15) is 5.69 Å². The van der Waals surface area contributed by atoms with E-state index in [1.807, 2.05) is 6.07 Å². The van der Waals surface area contributed by atoms with Crippen molar-refractivity contribution < 1.29 is 22.5 Å². The van der Waals surface area contributed by atoms with Crippen LogP contribution in [0.25, 0.3) is 11.1 Å². The summed E-state index contributed by atoms with van der Waals surface area (Å²) in [5.74, 6) is -0.0924. The van der Waals surface area contributed by atoms with E-state index in [0.717, 1.165) is 24.6 Å². The number of alkyl halides is 3. The summed E-state index contributed by atoms with van der Waals surface area (Å²) >= 11 is 0. The van der Waals surface area contributed by atoms with Crippen molar-refractivity contribution in [2.75, 3.05) is 13.1 Å². The van der Waals surface area contributed by atoms with Gasteiger partial charge < -0.3 is 9.42 Å². The first-order chi connectivity index (χ1) is 14.7. The summed E-state index contributed by atoms with van der Waals surface area (Å²) in [6, 6.07) is 2.85. The predicted molar refractivity (Wildman–Crippen MR) is 105 cm³/mol. The summed E-state index contributed by atoms with van der Waals surface area (Å²) in [5.41, 5.74) is 0.947. The smallest absolute Gasteiger partial charge is 0.337 e. The van der Waals surface area contributed by atoms with Crippen LogP contribution in [0.3, 0.4) is 0 Å². The summed E-state index contributed by atoms with van der Waals surface area (Å²) < 4.78 is 47.9. The van der Waals surface area contributed by atoms with Crippen molar-refractivity contribution in [1.29, 1.82) is 0 Å². The molecule has 1 saturated carbocycles. The molecule has 1 aliphatic carbocycles. The lowest BCUT2D eigenvalue weighted by Gasteiger charge is -2.32. The van der Waals surface area contributed by atoms with Gasteiger partial charge in [0.05, 0.1) is 22.3 Å². The molecule has 0 spiro atoms. The maximum atomic E-state index is 13.7. The maximum absolute atomic E-state index is 13.7. The van der Waals surface area contributed by atoms with Crippen molar-refractivity contribution in [3.05, 3.63) is 40.5 Å². The van der Waals surface area contributed by atoms with Crippen LogP contribution >= 0.6 is 0 Å². The third-order valence-corrected chi connectivity index (χ3v) is 6.12. The molecule has 0 unspecified atom stereocenters. The molecular weight excluding hydrogens is 411 g/mol. The Hall–Kier alpha value is -2.91. The second-order valence-corrected chi connectivity index (χ2v) is 8.50. The number of hydrogen-bond acceptors (Lipinski definition) is 5. The van der Waals surface area contributed by atoms with Gasteiger partial charge in [-0.05, 0) is 44.7 Å². The Morgan fingerprint density at radius 1 is 1.19 bits per heavy atom. The van der Waals surface area contributed by atoms with Crippen LogP contribution in [0.4, 0.5) is 13.2 Å². The molecule has 1 aliphatic heterocycles. The van der Waals surface area contributed by atoms with Gasteiger partial charge in [0.2, 0.25) is 0 Å². The molecule has 0 bridgehead atoms. The molecule has 3 aromatic rings. The number of carbonyl (C=O) groups excluding carboxylic acids is 1. The maximum Gasteiger partial charge on any atom is 0.417 e. The number of rotatable bonds is 3. The highest BCUT2D eigenvalue weighted by Gasteiger charge is 2.38. The van der Waals surface area contributed by atoms with Gasteiger partial charge in [-0.2, -0.15) is 18.3 Å². The molecule has 164 valence electrons. The van der Waals surface area contributed by atoms with Gasteiger partial charge in [0.25, 0.3) is 11.6 Å². The average molecular weight is 433 g/mol. The molecule has 0 N–H and O–H groups in total. The lowest BCUT2D eigenvalue weighted by molar-refractivity contribution is -0.136. The summed E-state index contributed by atoms with van der Waals surface area (Å²) in [6.07, 6.45) is -1.09. The van der Waals surface area contributed by atoms with Gasteiger partial charge in [-0.25, -0.2) is 4.98 Å². The summed E-state index contributed by atoms with van der Waals surface area (Å²) in [5, 5.41) is 8.31. The minimum Gasteiger partial charge on any atom is -0.337 e. The van der Waals surface area contributed by atoms with Gasteiger partial charge in [0, 0.05) is 37.7 Å². The standard InChI is InChI=1S/C21H22F3N5O2/c1-11-8-14(21(22,23)24)17-18(27-31-19(17)25-11)13-4-3-7-29(10-13)20(30)16-9-15(12-5-6-12)26-28(16)2/h8-9,12-13H,3-7,10H2,1-2H3/t13-/m0/s1. The van der Waals surface area contributed by atoms with Crippen LogP contribution < -0.4 is 0 Å². The topological polar surface area (TPSA) is 77.0 Å². The van der Waals surface area contributed by atoms with Gasteiger partial charge in [-0.3, -0.25) is 9.48 Å². The van der Waals surface area contributed by atoms with Gasteiger partial charge in [-0.15, -0.1) is 0 Å². The van der Waals surface area contributed by atoms with Crippen LogP contribution in [0.5, 0.6) is 0 Å². The number of amides is 1. The summed E-state index contributed by atoms with van der Waals surface area (Å²) in [6.45, 7) is 2.30. The van der Waals surface area contributed by atoms with E-state index in [-0.39, 0.29) is 40.9 Å². The average Bonchev–Trinajstić information content (AvgIpc) is 3.37. The number of carbonyl (C=O) groups is 1. The van der Waals surface area contributed by atoms with Crippen LogP contribution in [0, 0.1) is 6.92 Å². The lowest BCUT2D eigenvalue weighted by Crippen LogP contribution is -2.40. The van der Waals surface area contributed by atoms with Gasteiger partial charge in [-0.1, -0.05) is 5.16 Å². The van der Waals surface area contributed by atoms with Crippen LogP contribution in [-0.2, 0) is 13.2 Å². The second-order valence-electron chi connectivity index (χ2n) is 8.50. The van der Waals surface area contributed by atoms with E-state index < -0.39 is 11.7 Å². The van der Waals surface area contributed by atoms with Crippen LogP contribution in [-0.4, -0.2) is 43.8 Å². The zero-order valence-electron chi connectivity index (χ0n) is 17.2. The normalized spacial score (nSPS) is 19.9. The van der Waals surface area contributed by atoms with E-state index in [1.165, 1.54) is 6.92 Å². The zero-order chi connectivity index (χ0) is 21.9. The molecule has 4 heterocycles. The van der Waals surface area contributed by atoms with Crippen molar-refractivity contribution in [3.63, 3.8) is 0 Å². The molecule has 2 aliphatic rings. The number of nitrogens with zero attached hydrogens (tertiary/aromatic N) is 5. The van der Waals surface area contributed by atoms with Crippen molar-refractivity contribution in [3.8, 4) is 0 Å². The number of piperidine rings is 1. The number of pyridine rings is 1. The Morgan fingerprint density at radius 2 is 1.97 bits per heavy atom. The van der Waals surface area contributed by atoms with E-state index in [9.17, 15) is 18.0 Å². The molecule has 1 atom stereocenters. The van der Waals surface area contributed by atoms with E-state index in [1.54, 1.807) is 16.6 Å². The second kappa shape index (κ2) is 7.06. The first-order valence-electron chi connectivity index (χ1n) is 10.4. The molecule has 7 nitrogen and oxygen atoms in total. The van der Waals surface area contributed by atoms with E-state index >= 15 is 0 Å². The van der Waals surface area contributed by atoms with Crippen LogP contribution in [0.15, 0.2) is 16.7 Å². The monoisotopic (exact) mass is 433 g/mol. The number of fused-ring (bicyclic) bond motifs is 1. The zero-order valence-corrected chi connectivity index (χ0v) is 17.2. The van der Waals surface area contributed by atoms with Crippen molar-refractivity contribution in [2.24, 2.45) is 7.05 Å². The highest BCUT2D eigenvalue weighted by molar-refractivity contribution is 5.93. The lowest BCUT2D eigenvalue weighted by atomic mass is 9.91. The van der Waals surface area contributed by atoms with Gasteiger partial charge >= 0.3 is 6.18 Å².